The molecule has 3 aliphatic rings. The van der Waals surface area contributed by atoms with Crippen molar-refractivity contribution in [3.63, 3.8) is 0 Å². The number of amidine groups is 1. The first-order valence-electron chi connectivity index (χ1n) is 10.2. The van der Waals surface area contributed by atoms with Crippen molar-refractivity contribution in [2.24, 2.45) is 10.9 Å². The van der Waals surface area contributed by atoms with E-state index in [0.717, 1.165) is 36.7 Å². The minimum atomic E-state index is -0.154. The minimum Gasteiger partial charge on any atom is -0.497 e. The zero-order chi connectivity index (χ0) is 19.8. The molecule has 152 valence electrons. The van der Waals surface area contributed by atoms with Crippen LogP contribution in [0.4, 0.5) is 5.82 Å². The summed E-state index contributed by atoms with van der Waals surface area (Å²) in [6.45, 7) is 2.87. The molecule has 1 unspecified atom stereocenters. The van der Waals surface area contributed by atoms with Crippen LogP contribution < -0.4 is 20.9 Å². The number of ether oxygens (including phenoxy) is 1. The monoisotopic (exact) mass is 395 g/mol. The van der Waals surface area contributed by atoms with Gasteiger partial charge in [0.15, 0.2) is 5.82 Å². The number of hydrazine groups is 1. The summed E-state index contributed by atoms with van der Waals surface area (Å²) in [5, 5.41) is 4.02. The first-order chi connectivity index (χ1) is 14.2. The lowest BCUT2D eigenvalue weighted by Crippen LogP contribution is -2.46. The van der Waals surface area contributed by atoms with Crippen molar-refractivity contribution in [2.75, 3.05) is 33.3 Å². The van der Waals surface area contributed by atoms with Crippen LogP contribution in [-0.4, -0.2) is 65.9 Å². The molecule has 0 radical (unpaired) electrons. The maximum Gasteiger partial charge on any atom is 0.291 e. The van der Waals surface area contributed by atoms with Crippen LogP contribution in [0.1, 0.15) is 29.9 Å². The number of piperazine rings is 1. The van der Waals surface area contributed by atoms with Crippen molar-refractivity contribution in [3.8, 4) is 5.75 Å². The van der Waals surface area contributed by atoms with Gasteiger partial charge in [0, 0.05) is 44.0 Å². The number of benzene rings is 1. The van der Waals surface area contributed by atoms with Gasteiger partial charge in [-0.2, -0.15) is 0 Å². The van der Waals surface area contributed by atoms with E-state index >= 15 is 0 Å². The third-order valence-electron chi connectivity index (χ3n) is 5.73. The number of hydrogen-bond donors (Lipinski definition) is 3. The second kappa shape index (κ2) is 7.57. The summed E-state index contributed by atoms with van der Waals surface area (Å²) < 4.78 is 5.36. The van der Waals surface area contributed by atoms with Crippen LogP contribution in [0.15, 0.2) is 23.2 Å². The Bertz CT molecular complexity index is 967. The average Bonchev–Trinajstić information content (AvgIpc) is 3.52. The fraction of sp³-hybridized carbons (Fsp3) is 0.500. The molecule has 2 aliphatic heterocycles. The molecule has 2 aromatic rings. The third kappa shape index (κ3) is 3.75. The molecule has 1 saturated carbocycles. The Labute approximate surface area is 168 Å². The highest BCUT2D eigenvalue weighted by Gasteiger charge is 2.35. The molecule has 9 heteroatoms. The summed E-state index contributed by atoms with van der Waals surface area (Å²) in [6, 6.07) is 5.97. The van der Waals surface area contributed by atoms with Gasteiger partial charge in [-0.15, -0.1) is 0 Å². The van der Waals surface area contributed by atoms with Gasteiger partial charge in [0.25, 0.3) is 5.91 Å². The first kappa shape index (κ1) is 18.3. The number of aliphatic imine (C=N–C) groups is 1. The van der Waals surface area contributed by atoms with Gasteiger partial charge in [-0.05, 0) is 37.0 Å². The Hall–Kier alpha value is -2.78. The highest BCUT2D eigenvalue weighted by molar-refractivity contribution is 5.98. The van der Waals surface area contributed by atoms with Crippen LogP contribution >= 0.6 is 0 Å². The molecule has 1 atom stereocenters. The lowest BCUT2D eigenvalue weighted by molar-refractivity contribution is 0.0724. The number of hydrogen-bond acceptors (Lipinski definition) is 7. The number of amides is 1. The number of carbonyl (C=O) groups excluding carboxylic acids is 1. The van der Waals surface area contributed by atoms with E-state index in [1.54, 1.807) is 12.0 Å². The van der Waals surface area contributed by atoms with Gasteiger partial charge in [-0.3, -0.25) is 4.79 Å². The van der Waals surface area contributed by atoms with Crippen molar-refractivity contribution in [3.05, 3.63) is 24.0 Å². The lowest BCUT2D eigenvalue weighted by Gasteiger charge is -2.26. The van der Waals surface area contributed by atoms with Crippen molar-refractivity contribution in [1.29, 1.82) is 0 Å². The van der Waals surface area contributed by atoms with E-state index in [1.165, 1.54) is 12.8 Å². The van der Waals surface area contributed by atoms with Crippen LogP contribution in [0, 0.1) is 5.92 Å². The van der Waals surface area contributed by atoms with Crippen LogP contribution in [0.2, 0.25) is 0 Å². The van der Waals surface area contributed by atoms with Crippen molar-refractivity contribution in [1.82, 2.24) is 31.0 Å². The van der Waals surface area contributed by atoms with Gasteiger partial charge in [0.2, 0.25) is 5.82 Å². The van der Waals surface area contributed by atoms with Gasteiger partial charge >= 0.3 is 0 Å². The van der Waals surface area contributed by atoms with Crippen molar-refractivity contribution < 1.29 is 9.53 Å². The molecule has 0 spiro atoms. The van der Waals surface area contributed by atoms with Crippen molar-refractivity contribution >= 4 is 28.5 Å². The number of aromatic nitrogens is 2. The molecule has 2 saturated heterocycles. The van der Waals surface area contributed by atoms with E-state index in [0.29, 0.717) is 36.2 Å². The molecule has 5 rings (SSSR count). The van der Waals surface area contributed by atoms with Crippen molar-refractivity contribution in [2.45, 2.75) is 25.3 Å². The Morgan fingerprint density at radius 1 is 1.24 bits per heavy atom. The Balaban J connectivity index is 1.53. The number of rotatable bonds is 4. The normalized spacial score (nSPS) is 23.4. The summed E-state index contributed by atoms with van der Waals surface area (Å²) in [5.41, 5.74) is 7.19. The van der Waals surface area contributed by atoms with Gasteiger partial charge in [-0.25, -0.2) is 20.4 Å². The van der Waals surface area contributed by atoms with Crippen LogP contribution in [0.3, 0.4) is 0 Å². The van der Waals surface area contributed by atoms with E-state index in [4.69, 9.17) is 9.73 Å². The Kier molecular flexibility index (Phi) is 4.76. The van der Waals surface area contributed by atoms with Crippen LogP contribution in [-0.2, 0) is 0 Å². The van der Waals surface area contributed by atoms with Gasteiger partial charge in [-0.1, -0.05) is 0 Å². The fourth-order valence-corrected chi connectivity index (χ4v) is 3.88. The number of methoxy groups -OCH3 is 1. The summed E-state index contributed by atoms with van der Waals surface area (Å²) in [6.07, 6.45) is 3.37. The van der Waals surface area contributed by atoms with E-state index in [9.17, 15) is 4.79 Å². The summed E-state index contributed by atoms with van der Waals surface area (Å²) in [4.78, 5) is 28.6. The molecule has 1 aromatic carbocycles. The standard InChI is InChI=1S/C20H25N7O2/c1-29-13-4-5-15-14(10-13)18(23-17-11-16(25-26-17)12-2-3-12)24-19(22-15)20(28)27-8-6-21-7-9-27/h4-5,10,12,16,21,25H,2-3,6-9,11H2,1H3,(H,22,23,24,26). The maximum absolute atomic E-state index is 13.0. The molecular weight excluding hydrogens is 370 g/mol. The molecule has 29 heavy (non-hydrogen) atoms. The number of fused-ring (bicyclic) bond motifs is 1. The topological polar surface area (TPSA) is 104 Å². The van der Waals surface area contributed by atoms with E-state index in [-0.39, 0.29) is 11.7 Å². The zero-order valence-electron chi connectivity index (χ0n) is 16.4. The number of nitrogens with zero attached hydrogens (tertiary/aromatic N) is 4. The minimum absolute atomic E-state index is 0.154. The van der Waals surface area contributed by atoms with Gasteiger partial charge in [0.05, 0.1) is 12.6 Å². The predicted octanol–water partition coefficient (Wildman–Crippen LogP) is 0.990. The highest BCUT2D eigenvalue weighted by Crippen LogP contribution is 2.35. The molecule has 3 fully saturated rings. The largest absolute Gasteiger partial charge is 0.497 e. The highest BCUT2D eigenvalue weighted by atomic mass is 16.5. The van der Waals surface area contributed by atoms with Gasteiger partial charge in [0.1, 0.15) is 11.6 Å². The second-order valence-corrected chi connectivity index (χ2v) is 7.77. The molecule has 9 nitrogen and oxygen atoms in total. The Morgan fingerprint density at radius 3 is 2.83 bits per heavy atom. The second-order valence-electron chi connectivity index (χ2n) is 7.77. The van der Waals surface area contributed by atoms with E-state index in [2.05, 4.69) is 26.1 Å². The predicted molar refractivity (Wildman–Crippen MR) is 109 cm³/mol. The summed E-state index contributed by atoms with van der Waals surface area (Å²) in [7, 11) is 1.62. The quantitative estimate of drug-likeness (QED) is 0.709. The molecule has 3 heterocycles. The van der Waals surface area contributed by atoms with E-state index in [1.807, 2.05) is 18.2 Å². The smallest absolute Gasteiger partial charge is 0.291 e. The summed E-state index contributed by atoms with van der Waals surface area (Å²) in [5.74, 6) is 2.80. The lowest BCUT2D eigenvalue weighted by atomic mass is 10.1. The molecular formula is C20H25N7O2. The molecule has 1 amide bonds. The third-order valence-corrected chi connectivity index (χ3v) is 5.73. The fourth-order valence-electron chi connectivity index (χ4n) is 3.88. The maximum atomic E-state index is 13.0. The molecule has 1 aliphatic carbocycles. The molecule has 1 aromatic heterocycles. The van der Waals surface area contributed by atoms with Crippen LogP contribution in [0.25, 0.3) is 10.9 Å². The van der Waals surface area contributed by atoms with Gasteiger partial charge < -0.3 is 20.4 Å². The average molecular weight is 395 g/mol. The molecule has 0 bridgehead atoms. The van der Waals surface area contributed by atoms with E-state index < -0.39 is 0 Å². The number of carbonyl (C=O) groups is 1. The molecule has 3 N–H and O–H groups in total. The zero-order valence-corrected chi connectivity index (χ0v) is 16.4. The first-order valence-corrected chi connectivity index (χ1v) is 10.2. The Morgan fingerprint density at radius 2 is 2.07 bits per heavy atom. The number of nitrogens with one attached hydrogen (secondary N) is 3. The summed E-state index contributed by atoms with van der Waals surface area (Å²) >= 11 is 0. The van der Waals surface area contributed by atoms with Crippen LogP contribution in [0.5, 0.6) is 5.75 Å². The SMILES string of the molecule is COc1ccc2nc(C(=O)N3CCNCC3)nc(N=C3CC(C4CC4)NN3)c2c1.